The Labute approximate surface area is 121 Å². The second kappa shape index (κ2) is 5.88. The molecule has 1 aliphatic rings. The lowest BCUT2D eigenvalue weighted by Crippen LogP contribution is -2.28. The van der Waals surface area contributed by atoms with Crippen molar-refractivity contribution in [2.45, 2.75) is 6.54 Å². The Morgan fingerprint density at radius 3 is 2.65 bits per heavy atom. The molecule has 0 atom stereocenters. The van der Waals surface area contributed by atoms with Gasteiger partial charge in [-0.15, -0.1) is 0 Å². The molecule has 0 radical (unpaired) electrons. The van der Waals surface area contributed by atoms with E-state index in [0.717, 1.165) is 16.4 Å². The third-order valence-electron chi connectivity index (χ3n) is 2.93. The molecule has 0 unspecified atom stereocenters. The van der Waals surface area contributed by atoms with E-state index in [1.54, 1.807) is 17.3 Å². The van der Waals surface area contributed by atoms with Crippen LogP contribution in [0, 0.1) is 0 Å². The molecule has 0 bridgehead atoms. The zero-order valence-corrected chi connectivity index (χ0v) is 11.6. The van der Waals surface area contributed by atoms with E-state index in [9.17, 15) is 4.79 Å². The van der Waals surface area contributed by atoms with Gasteiger partial charge >= 0.3 is 0 Å². The second-order valence-electron chi connectivity index (χ2n) is 4.35. The van der Waals surface area contributed by atoms with Gasteiger partial charge in [0.2, 0.25) is 5.91 Å². The molecule has 100 valence electrons. The molecule has 0 aliphatic carbocycles. The molecule has 0 saturated carbocycles. The van der Waals surface area contributed by atoms with Gasteiger partial charge in [-0.05, 0) is 29.8 Å². The molecule has 1 saturated heterocycles. The Morgan fingerprint density at radius 1 is 1.15 bits per heavy atom. The summed E-state index contributed by atoms with van der Waals surface area (Å²) in [5.74, 6) is 0.554. The first-order valence-electron chi connectivity index (χ1n) is 6.29. The molecule has 1 aromatic heterocycles. The summed E-state index contributed by atoms with van der Waals surface area (Å²) in [7, 11) is 0. The van der Waals surface area contributed by atoms with Gasteiger partial charge in [0, 0.05) is 12.4 Å². The van der Waals surface area contributed by atoms with E-state index in [2.05, 4.69) is 9.98 Å². The Balaban J connectivity index is 1.84. The highest BCUT2D eigenvalue weighted by Gasteiger charge is 2.28. The lowest BCUT2D eigenvalue weighted by Gasteiger charge is -2.15. The average molecular weight is 283 g/mol. The average Bonchev–Trinajstić information content (AvgIpc) is 2.83. The Bertz CT molecular complexity index is 628. The van der Waals surface area contributed by atoms with Crippen molar-refractivity contribution in [3.63, 3.8) is 0 Å². The lowest BCUT2D eigenvalue weighted by molar-refractivity contribution is -0.124. The first kappa shape index (κ1) is 12.9. The van der Waals surface area contributed by atoms with E-state index in [0.29, 0.717) is 12.3 Å². The molecule has 5 heteroatoms. The van der Waals surface area contributed by atoms with E-state index in [-0.39, 0.29) is 5.91 Å². The minimum absolute atomic E-state index is 0.0986. The predicted molar refractivity (Wildman–Crippen MR) is 80.8 cm³/mol. The Morgan fingerprint density at radius 2 is 1.90 bits per heavy atom. The molecule has 20 heavy (non-hydrogen) atoms. The Kier molecular flexibility index (Phi) is 3.78. The quantitative estimate of drug-likeness (QED) is 0.870. The van der Waals surface area contributed by atoms with Gasteiger partial charge in [0.1, 0.15) is 0 Å². The highest BCUT2D eigenvalue weighted by Crippen LogP contribution is 2.25. The summed E-state index contributed by atoms with van der Waals surface area (Å²) < 4.78 is 0. The zero-order valence-electron chi connectivity index (χ0n) is 10.8. The van der Waals surface area contributed by atoms with Crippen molar-refractivity contribution in [3.05, 3.63) is 60.4 Å². The summed E-state index contributed by atoms with van der Waals surface area (Å²) >= 11 is 1.48. The summed E-state index contributed by atoms with van der Waals surface area (Å²) in [5.41, 5.74) is 1.92. The van der Waals surface area contributed by atoms with Gasteiger partial charge in [0.15, 0.2) is 5.17 Å². The number of carbonyl (C=O) groups is 1. The summed E-state index contributed by atoms with van der Waals surface area (Å²) in [6, 6.07) is 13.5. The first-order valence-corrected chi connectivity index (χ1v) is 7.27. The smallest absolute Gasteiger partial charge is 0.239 e. The number of hydrogen-bond acceptors (Lipinski definition) is 4. The summed E-state index contributed by atoms with van der Waals surface area (Å²) in [6.45, 7) is 0.542. The van der Waals surface area contributed by atoms with Gasteiger partial charge in [0.05, 0.1) is 18.0 Å². The molecule has 1 aromatic carbocycles. The predicted octanol–water partition coefficient (Wildman–Crippen LogP) is 2.84. The maximum absolute atomic E-state index is 12.0. The monoisotopic (exact) mass is 283 g/mol. The lowest BCUT2D eigenvalue weighted by atomic mass is 10.2. The van der Waals surface area contributed by atoms with Crippen LogP contribution in [0.2, 0.25) is 0 Å². The van der Waals surface area contributed by atoms with Crippen LogP contribution in [-0.4, -0.2) is 26.7 Å². The minimum atomic E-state index is 0.0986. The van der Waals surface area contributed by atoms with Crippen LogP contribution in [0.4, 0.5) is 5.69 Å². The van der Waals surface area contributed by atoms with Crippen molar-refractivity contribution >= 4 is 28.5 Å². The van der Waals surface area contributed by atoms with Gasteiger partial charge in [-0.1, -0.05) is 30.0 Å². The second-order valence-corrected chi connectivity index (χ2v) is 5.30. The SMILES string of the molecule is O=C1CSC(=Nc2ccccc2)N1Cc1ccncc1. The molecule has 3 rings (SSSR count). The maximum atomic E-state index is 12.0. The van der Waals surface area contributed by atoms with Crippen molar-refractivity contribution in [3.8, 4) is 0 Å². The highest BCUT2D eigenvalue weighted by molar-refractivity contribution is 8.15. The highest BCUT2D eigenvalue weighted by atomic mass is 32.2. The van der Waals surface area contributed by atoms with Gasteiger partial charge in [-0.2, -0.15) is 0 Å². The molecule has 2 heterocycles. The van der Waals surface area contributed by atoms with Crippen molar-refractivity contribution < 1.29 is 4.79 Å². The number of aliphatic imine (C=N–C) groups is 1. The van der Waals surface area contributed by atoms with Crippen molar-refractivity contribution in [2.75, 3.05) is 5.75 Å². The summed E-state index contributed by atoms with van der Waals surface area (Å²) in [5, 5.41) is 0.762. The molecule has 4 nitrogen and oxygen atoms in total. The van der Waals surface area contributed by atoms with E-state index < -0.39 is 0 Å². The largest absolute Gasteiger partial charge is 0.286 e. The summed E-state index contributed by atoms with van der Waals surface area (Å²) in [4.78, 5) is 22.3. The zero-order chi connectivity index (χ0) is 13.8. The Hall–Kier alpha value is -2.14. The van der Waals surface area contributed by atoms with E-state index in [4.69, 9.17) is 0 Å². The van der Waals surface area contributed by atoms with Crippen LogP contribution >= 0.6 is 11.8 Å². The number of nitrogens with zero attached hydrogens (tertiary/aromatic N) is 3. The molecule has 1 aliphatic heterocycles. The van der Waals surface area contributed by atoms with Crippen LogP contribution in [0.15, 0.2) is 59.9 Å². The number of para-hydroxylation sites is 1. The van der Waals surface area contributed by atoms with Crippen molar-refractivity contribution in [1.29, 1.82) is 0 Å². The fourth-order valence-electron chi connectivity index (χ4n) is 1.92. The number of rotatable bonds is 3. The maximum Gasteiger partial charge on any atom is 0.239 e. The molecular formula is C15H13N3OS. The van der Waals surface area contributed by atoms with E-state index in [1.165, 1.54) is 11.8 Å². The molecule has 2 aromatic rings. The number of amides is 1. The van der Waals surface area contributed by atoms with Crippen LogP contribution in [-0.2, 0) is 11.3 Å². The van der Waals surface area contributed by atoms with Crippen LogP contribution in [0.3, 0.4) is 0 Å². The van der Waals surface area contributed by atoms with Gasteiger partial charge in [-0.25, -0.2) is 4.99 Å². The van der Waals surface area contributed by atoms with E-state index in [1.807, 2.05) is 42.5 Å². The molecule has 1 amide bonds. The van der Waals surface area contributed by atoms with Gasteiger partial charge < -0.3 is 0 Å². The van der Waals surface area contributed by atoms with Gasteiger partial charge in [0.25, 0.3) is 0 Å². The normalized spacial score (nSPS) is 16.9. The molecule has 1 fully saturated rings. The number of benzene rings is 1. The standard InChI is InChI=1S/C15H13N3OS/c19-14-11-20-15(17-13-4-2-1-3-5-13)18(14)10-12-6-8-16-9-7-12/h1-9H,10-11H2. The van der Waals surface area contributed by atoms with Crippen LogP contribution in [0.1, 0.15) is 5.56 Å². The molecule has 0 spiro atoms. The van der Waals surface area contributed by atoms with Crippen LogP contribution in [0.25, 0.3) is 0 Å². The van der Waals surface area contributed by atoms with Crippen molar-refractivity contribution in [2.24, 2.45) is 4.99 Å². The van der Waals surface area contributed by atoms with Crippen LogP contribution in [0.5, 0.6) is 0 Å². The van der Waals surface area contributed by atoms with Crippen molar-refractivity contribution in [1.82, 2.24) is 9.88 Å². The van der Waals surface area contributed by atoms with E-state index >= 15 is 0 Å². The number of thioether (sulfide) groups is 1. The fourth-order valence-corrected chi connectivity index (χ4v) is 2.82. The summed E-state index contributed by atoms with van der Waals surface area (Å²) in [6.07, 6.45) is 3.47. The number of pyridine rings is 1. The topological polar surface area (TPSA) is 45.6 Å². The third-order valence-corrected chi connectivity index (χ3v) is 3.89. The van der Waals surface area contributed by atoms with Gasteiger partial charge in [-0.3, -0.25) is 14.7 Å². The number of amidine groups is 1. The van der Waals surface area contributed by atoms with Crippen LogP contribution < -0.4 is 0 Å². The molecular weight excluding hydrogens is 270 g/mol. The number of aromatic nitrogens is 1. The number of hydrogen-bond donors (Lipinski definition) is 0. The minimum Gasteiger partial charge on any atom is -0.286 e. The third kappa shape index (κ3) is 2.88. The molecule has 0 N–H and O–H groups in total. The first-order chi connectivity index (χ1) is 9.83. The fraction of sp³-hybridized carbons (Fsp3) is 0.133. The number of carbonyl (C=O) groups excluding carboxylic acids is 1.